The summed E-state index contributed by atoms with van der Waals surface area (Å²) in [6, 6.07) is 46.2. The van der Waals surface area contributed by atoms with Crippen molar-refractivity contribution in [2.24, 2.45) is 0 Å². The highest BCUT2D eigenvalue weighted by atomic mass is 15.1. The van der Waals surface area contributed by atoms with E-state index in [1.165, 1.54) is 111 Å². The van der Waals surface area contributed by atoms with Crippen LogP contribution in [0.3, 0.4) is 0 Å². The van der Waals surface area contributed by atoms with Gasteiger partial charge in [-0.1, -0.05) is 79.6 Å². The highest BCUT2D eigenvalue weighted by molar-refractivity contribution is 6.13. The quantitative estimate of drug-likeness (QED) is 0.182. The van der Waals surface area contributed by atoms with Gasteiger partial charge in [0.05, 0.1) is 16.7 Å². The number of hydrogen-bond donors (Lipinski definition) is 0. The number of anilines is 3. The minimum Gasteiger partial charge on any atom is -0.310 e. The Labute approximate surface area is 301 Å². The summed E-state index contributed by atoms with van der Waals surface area (Å²) in [4.78, 5) is 2.43. The van der Waals surface area contributed by atoms with Crippen LogP contribution >= 0.6 is 0 Å². The van der Waals surface area contributed by atoms with Gasteiger partial charge in [-0.15, -0.1) is 0 Å². The summed E-state index contributed by atoms with van der Waals surface area (Å²) in [6.07, 6.45) is 0. The molecule has 0 radical (unpaired) electrons. The molecule has 1 heterocycles. The summed E-state index contributed by atoms with van der Waals surface area (Å²) in [5.41, 5.74) is 20.3. The Balaban J connectivity index is 1.29. The predicted octanol–water partition coefficient (Wildman–Crippen LogP) is 13.6. The molecule has 0 fully saturated rings. The van der Waals surface area contributed by atoms with Gasteiger partial charge >= 0.3 is 0 Å². The van der Waals surface area contributed by atoms with Crippen molar-refractivity contribution in [2.75, 3.05) is 4.90 Å². The fourth-order valence-electron chi connectivity index (χ4n) is 8.56. The SMILES string of the molecule is Cc1ccc2c(c1)c1cc(C)ccc1n2-c1cc2c(c3ccccc13)-c1ccc(N(c3ccc(C)c(C)c3)c3ccc(C)c(C)c3)cc1C2(C)C. The van der Waals surface area contributed by atoms with E-state index in [0.717, 1.165) is 0 Å². The Hall–Kier alpha value is -5.60. The third-order valence-electron chi connectivity index (χ3n) is 11.7. The standard InChI is InChI=1S/C49H44N2/c1-29-13-21-45-41(23-29)42-24-30(2)14-22-46(42)51(45)47-28-44-48(39-12-10-9-11-38(39)47)40-20-19-37(27-43(40)49(44,7)8)50(35-17-15-31(3)33(5)25-35)36-18-16-32(4)34(6)26-36/h9-28H,1-8H3. The first-order chi connectivity index (χ1) is 24.5. The summed E-state index contributed by atoms with van der Waals surface area (Å²) in [6.45, 7) is 18.0. The fourth-order valence-corrected chi connectivity index (χ4v) is 8.56. The van der Waals surface area contributed by atoms with E-state index in [0.29, 0.717) is 0 Å². The summed E-state index contributed by atoms with van der Waals surface area (Å²) >= 11 is 0. The Morgan fingerprint density at radius 1 is 0.451 bits per heavy atom. The molecule has 0 saturated carbocycles. The molecule has 2 nitrogen and oxygen atoms in total. The monoisotopic (exact) mass is 660 g/mol. The van der Waals surface area contributed by atoms with Gasteiger partial charge in [-0.2, -0.15) is 0 Å². The molecule has 8 aromatic rings. The summed E-state index contributed by atoms with van der Waals surface area (Å²) in [5.74, 6) is 0. The lowest BCUT2D eigenvalue weighted by Gasteiger charge is -2.29. The molecule has 0 N–H and O–H groups in total. The molecule has 0 unspecified atom stereocenters. The van der Waals surface area contributed by atoms with E-state index in [9.17, 15) is 0 Å². The second-order valence-electron chi connectivity index (χ2n) is 15.5. The maximum atomic E-state index is 2.51. The number of aryl methyl sites for hydroxylation is 6. The molecule has 7 aromatic carbocycles. The molecule has 0 atom stereocenters. The van der Waals surface area contributed by atoms with Crippen molar-refractivity contribution in [1.29, 1.82) is 0 Å². The van der Waals surface area contributed by atoms with Crippen LogP contribution in [0.5, 0.6) is 0 Å². The molecule has 1 aromatic heterocycles. The van der Waals surface area contributed by atoms with Gasteiger partial charge in [0.15, 0.2) is 0 Å². The van der Waals surface area contributed by atoms with Crippen LogP contribution in [0, 0.1) is 41.5 Å². The van der Waals surface area contributed by atoms with Gasteiger partial charge in [0, 0.05) is 38.6 Å². The Morgan fingerprint density at radius 2 is 0.980 bits per heavy atom. The van der Waals surface area contributed by atoms with Crippen molar-refractivity contribution in [3.05, 3.63) is 166 Å². The van der Waals surface area contributed by atoms with Crippen molar-refractivity contribution < 1.29 is 0 Å². The number of aromatic nitrogens is 1. The molecule has 2 heteroatoms. The zero-order chi connectivity index (χ0) is 35.3. The van der Waals surface area contributed by atoms with Gasteiger partial charge in [-0.3, -0.25) is 0 Å². The number of rotatable bonds is 4. The summed E-state index contributed by atoms with van der Waals surface area (Å²) in [7, 11) is 0. The van der Waals surface area contributed by atoms with Gasteiger partial charge in [0.1, 0.15) is 0 Å². The smallest absolute Gasteiger partial charge is 0.0544 e. The van der Waals surface area contributed by atoms with E-state index >= 15 is 0 Å². The van der Waals surface area contributed by atoms with Gasteiger partial charge in [0.25, 0.3) is 0 Å². The maximum Gasteiger partial charge on any atom is 0.0544 e. The minimum absolute atomic E-state index is 0.219. The molecular weight excluding hydrogens is 617 g/mol. The van der Waals surface area contributed by atoms with Crippen molar-refractivity contribution >= 4 is 49.6 Å². The van der Waals surface area contributed by atoms with Crippen LogP contribution in [0.4, 0.5) is 17.1 Å². The molecule has 250 valence electrons. The highest BCUT2D eigenvalue weighted by Crippen LogP contribution is 2.54. The van der Waals surface area contributed by atoms with Gasteiger partial charge in [-0.05, 0) is 158 Å². The van der Waals surface area contributed by atoms with Crippen LogP contribution in [-0.4, -0.2) is 4.57 Å². The summed E-state index contributed by atoms with van der Waals surface area (Å²) in [5, 5.41) is 5.20. The second-order valence-corrected chi connectivity index (χ2v) is 15.5. The number of fused-ring (bicyclic) bond motifs is 8. The van der Waals surface area contributed by atoms with E-state index in [1.54, 1.807) is 0 Å². The zero-order valence-corrected chi connectivity index (χ0v) is 30.9. The van der Waals surface area contributed by atoms with E-state index in [2.05, 4.69) is 186 Å². The predicted molar refractivity (Wildman–Crippen MR) is 219 cm³/mol. The average molecular weight is 661 g/mol. The van der Waals surface area contributed by atoms with Crippen molar-refractivity contribution in [3.63, 3.8) is 0 Å². The number of benzene rings is 7. The van der Waals surface area contributed by atoms with Crippen molar-refractivity contribution in [2.45, 2.75) is 60.8 Å². The van der Waals surface area contributed by atoms with Gasteiger partial charge in [-0.25, -0.2) is 0 Å². The molecule has 1 aliphatic rings. The normalized spacial score (nSPS) is 13.3. The zero-order valence-electron chi connectivity index (χ0n) is 30.9. The van der Waals surface area contributed by atoms with Crippen molar-refractivity contribution in [3.8, 4) is 16.8 Å². The second kappa shape index (κ2) is 11.2. The molecular formula is C49H44N2. The summed E-state index contributed by atoms with van der Waals surface area (Å²) < 4.78 is 2.51. The molecule has 0 aliphatic heterocycles. The van der Waals surface area contributed by atoms with E-state index < -0.39 is 0 Å². The molecule has 0 bridgehead atoms. The number of nitrogens with zero attached hydrogens (tertiary/aromatic N) is 2. The lowest BCUT2D eigenvalue weighted by molar-refractivity contribution is 0.660. The third-order valence-corrected chi connectivity index (χ3v) is 11.7. The van der Waals surface area contributed by atoms with E-state index in [-0.39, 0.29) is 5.41 Å². The molecule has 1 aliphatic carbocycles. The van der Waals surface area contributed by atoms with Crippen LogP contribution < -0.4 is 4.90 Å². The first-order valence-electron chi connectivity index (χ1n) is 18.2. The molecule has 0 amide bonds. The van der Waals surface area contributed by atoms with Crippen LogP contribution in [0.1, 0.15) is 58.4 Å². The Kier molecular flexibility index (Phi) is 6.89. The topological polar surface area (TPSA) is 8.17 Å². The number of hydrogen-bond acceptors (Lipinski definition) is 1. The lowest BCUT2D eigenvalue weighted by Crippen LogP contribution is -2.17. The first kappa shape index (κ1) is 31.4. The Bertz CT molecular complexity index is 2630. The third kappa shape index (κ3) is 4.69. The van der Waals surface area contributed by atoms with E-state index in [4.69, 9.17) is 0 Å². The van der Waals surface area contributed by atoms with E-state index in [1.807, 2.05) is 0 Å². The first-order valence-corrected chi connectivity index (χ1v) is 18.2. The molecule has 0 spiro atoms. The van der Waals surface area contributed by atoms with Crippen molar-refractivity contribution in [1.82, 2.24) is 4.57 Å². The van der Waals surface area contributed by atoms with Gasteiger partial charge < -0.3 is 9.47 Å². The average Bonchev–Trinajstić information content (AvgIpc) is 3.54. The van der Waals surface area contributed by atoms with Crippen LogP contribution in [0.25, 0.3) is 49.4 Å². The maximum absolute atomic E-state index is 2.51. The van der Waals surface area contributed by atoms with Gasteiger partial charge in [0.2, 0.25) is 0 Å². The fraction of sp³-hybridized carbons (Fsp3) is 0.184. The Morgan fingerprint density at radius 3 is 1.55 bits per heavy atom. The molecule has 9 rings (SSSR count). The largest absolute Gasteiger partial charge is 0.310 e. The minimum atomic E-state index is -0.219. The molecule has 51 heavy (non-hydrogen) atoms. The molecule has 0 saturated heterocycles. The van der Waals surface area contributed by atoms with Crippen LogP contribution in [0.15, 0.2) is 121 Å². The van der Waals surface area contributed by atoms with Crippen LogP contribution in [-0.2, 0) is 5.41 Å². The van der Waals surface area contributed by atoms with Crippen LogP contribution in [0.2, 0.25) is 0 Å². The highest BCUT2D eigenvalue weighted by Gasteiger charge is 2.38. The lowest BCUT2D eigenvalue weighted by atomic mass is 9.81.